The van der Waals surface area contributed by atoms with E-state index in [1.165, 1.54) is 22.5 Å². The molecule has 1 aliphatic heterocycles. The summed E-state index contributed by atoms with van der Waals surface area (Å²) >= 11 is 6.11. The number of benzene rings is 2. The molecule has 1 heterocycles. The lowest BCUT2D eigenvalue weighted by atomic mass is 10.2. The van der Waals surface area contributed by atoms with E-state index in [9.17, 15) is 13.2 Å². The van der Waals surface area contributed by atoms with Crippen molar-refractivity contribution in [2.45, 2.75) is 24.7 Å². The molecule has 0 radical (unpaired) electrons. The van der Waals surface area contributed by atoms with Crippen LogP contribution in [0, 0.1) is 0 Å². The van der Waals surface area contributed by atoms with E-state index in [0.29, 0.717) is 26.2 Å². The smallest absolute Gasteiger partial charge is 0.339 e. The summed E-state index contributed by atoms with van der Waals surface area (Å²) in [5, 5.41) is 0.180. The Morgan fingerprint density at radius 1 is 1.07 bits per heavy atom. The van der Waals surface area contributed by atoms with Crippen LogP contribution in [-0.4, -0.2) is 51.5 Å². The van der Waals surface area contributed by atoms with Crippen LogP contribution in [0.3, 0.4) is 0 Å². The highest BCUT2D eigenvalue weighted by Crippen LogP contribution is 2.25. The second-order valence-electron chi connectivity index (χ2n) is 6.86. The lowest BCUT2D eigenvalue weighted by molar-refractivity contribution is 0.0499. The summed E-state index contributed by atoms with van der Waals surface area (Å²) in [6, 6.07) is 14.1. The van der Waals surface area contributed by atoms with Crippen LogP contribution in [0.4, 0.5) is 5.69 Å². The summed E-state index contributed by atoms with van der Waals surface area (Å²) in [6.07, 6.45) is 1.64. The average Bonchev–Trinajstić information content (AvgIpc) is 2.74. The predicted molar refractivity (Wildman–Crippen MR) is 114 cm³/mol. The van der Waals surface area contributed by atoms with Crippen molar-refractivity contribution in [3.05, 3.63) is 59.1 Å². The average molecular weight is 437 g/mol. The highest BCUT2D eigenvalue weighted by atomic mass is 35.5. The molecule has 29 heavy (non-hydrogen) atoms. The fraction of sp³-hybridized carbons (Fsp3) is 0.381. The molecular weight excluding hydrogens is 412 g/mol. The molecule has 1 fully saturated rings. The van der Waals surface area contributed by atoms with Crippen molar-refractivity contribution in [3.8, 4) is 0 Å². The van der Waals surface area contributed by atoms with Gasteiger partial charge in [-0.15, -0.1) is 0 Å². The quantitative estimate of drug-likeness (QED) is 0.487. The van der Waals surface area contributed by atoms with E-state index < -0.39 is 16.0 Å². The maximum absolute atomic E-state index is 13.1. The first kappa shape index (κ1) is 21.6. The molecule has 0 aromatic heterocycles. The van der Waals surface area contributed by atoms with Crippen LogP contribution < -0.4 is 4.90 Å². The van der Waals surface area contributed by atoms with Crippen LogP contribution in [0.2, 0.25) is 5.02 Å². The van der Waals surface area contributed by atoms with Crippen LogP contribution in [0.1, 0.15) is 30.1 Å². The molecule has 2 aromatic carbocycles. The molecule has 2 aromatic rings. The second kappa shape index (κ2) is 9.61. The molecule has 0 amide bonds. The molecule has 0 spiro atoms. The molecule has 0 bridgehead atoms. The van der Waals surface area contributed by atoms with Crippen LogP contribution in [0.5, 0.6) is 0 Å². The van der Waals surface area contributed by atoms with Crippen LogP contribution >= 0.6 is 11.6 Å². The summed E-state index contributed by atoms with van der Waals surface area (Å²) < 4.78 is 32.8. The van der Waals surface area contributed by atoms with Gasteiger partial charge in [0.15, 0.2) is 0 Å². The van der Waals surface area contributed by atoms with Gasteiger partial charge in [-0.3, -0.25) is 0 Å². The highest BCUT2D eigenvalue weighted by molar-refractivity contribution is 7.89. The van der Waals surface area contributed by atoms with E-state index in [2.05, 4.69) is 4.90 Å². The summed E-state index contributed by atoms with van der Waals surface area (Å²) in [5.41, 5.74) is 1.15. The van der Waals surface area contributed by atoms with Crippen LogP contribution in [0.25, 0.3) is 0 Å². The Kier molecular flexibility index (Phi) is 7.16. The fourth-order valence-corrected chi connectivity index (χ4v) is 4.83. The van der Waals surface area contributed by atoms with Gasteiger partial charge in [0, 0.05) is 31.9 Å². The van der Waals surface area contributed by atoms with Gasteiger partial charge in [-0.2, -0.15) is 4.31 Å². The molecule has 8 heteroatoms. The molecule has 156 valence electrons. The molecule has 0 unspecified atom stereocenters. The van der Waals surface area contributed by atoms with Gasteiger partial charge < -0.3 is 9.64 Å². The van der Waals surface area contributed by atoms with Gasteiger partial charge in [-0.05, 0) is 36.8 Å². The molecule has 6 nitrogen and oxygen atoms in total. The third kappa shape index (κ3) is 5.10. The molecular formula is C21H25ClN2O4S. The molecule has 0 N–H and O–H groups in total. The van der Waals surface area contributed by atoms with E-state index >= 15 is 0 Å². The van der Waals surface area contributed by atoms with Gasteiger partial charge in [-0.25, -0.2) is 13.2 Å². The molecule has 3 rings (SSSR count). The van der Waals surface area contributed by atoms with Gasteiger partial charge in [0.05, 0.1) is 22.1 Å². The number of esters is 1. The zero-order valence-corrected chi connectivity index (χ0v) is 18.0. The number of carbonyl (C=O) groups excluding carboxylic acids is 1. The number of piperazine rings is 1. The second-order valence-corrected chi connectivity index (χ2v) is 9.20. The monoisotopic (exact) mass is 436 g/mol. The summed E-state index contributed by atoms with van der Waals surface area (Å²) in [5.74, 6) is -0.602. The van der Waals surface area contributed by atoms with Crippen LogP contribution in [0.15, 0.2) is 53.4 Å². The number of sulfonamides is 1. The van der Waals surface area contributed by atoms with Gasteiger partial charge >= 0.3 is 5.97 Å². The SMILES string of the molecule is CCCCOC(=O)c1cc(S(=O)(=O)N2CCN(c3ccccc3)CC2)ccc1Cl. The minimum Gasteiger partial charge on any atom is -0.462 e. The van der Waals surface area contributed by atoms with Gasteiger partial charge in [0.25, 0.3) is 0 Å². The lowest BCUT2D eigenvalue weighted by Crippen LogP contribution is -2.48. The van der Waals surface area contributed by atoms with E-state index in [4.69, 9.17) is 16.3 Å². The number of hydrogen-bond donors (Lipinski definition) is 0. The Morgan fingerprint density at radius 3 is 2.41 bits per heavy atom. The van der Waals surface area contributed by atoms with E-state index in [-0.39, 0.29) is 22.1 Å². The molecule has 1 aliphatic rings. The van der Waals surface area contributed by atoms with Gasteiger partial charge in [-0.1, -0.05) is 43.1 Å². The summed E-state index contributed by atoms with van der Waals surface area (Å²) in [7, 11) is -3.73. The first-order valence-corrected chi connectivity index (χ1v) is 11.5. The van der Waals surface area contributed by atoms with E-state index in [1.807, 2.05) is 37.3 Å². The first-order chi connectivity index (χ1) is 13.9. The van der Waals surface area contributed by atoms with Crippen molar-refractivity contribution in [2.75, 3.05) is 37.7 Å². The summed E-state index contributed by atoms with van der Waals surface area (Å²) in [6.45, 7) is 4.22. The zero-order valence-electron chi connectivity index (χ0n) is 16.4. The van der Waals surface area contributed by atoms with Gasteiger partial charge in [0.1, 0.15) is 0 Å². The van der Waals surface area contributed by atoms with Gasteiger partial charge in [0.2, 0.25) is 10.0 Å². The predicted octanol–water partition coefficient (Wildman–Crippen LogP) is 3.81. The number of anilines is 1. The maximum Gasteiger partial charge on any atom is 0.339 e. The number of unbranched alkanes of at least 4 members (excludes halogenated alkanes) is 1. The number of nitrogens with zero attached hydrogens (tertiary/aromatic N) is 2. The Morgan fingerprint density at radius 2 is 1.76 bits per heavy atom. The zero-order chi connectivity index (χ0) is 20.9. The van der Waals surface area contributed by atoms with Crippen molar-refractivity contribution < 1.29 is 17.9 Å². The first-order valence-electron chi connectivity index (χ1n) is 9.70. The standard InChI is InChI=1S/C21H25ClN2O4S/c1-2-3-15-28-21(25)19-16-18(9-10-20(19)22)29(26,27)24-13-11-23(12-14-24)17-7-5-4-6-8-17/h4-10,16H,2-3,11-15H2,1H3. The number of para-hydroxylation sites is 1. The van der Waals surface area contributed by atoms with Crippen molar-refractivity contribution in [1.29, 1.82) is 0 Å². The van der Waals surface area contributed by atoms with Crippen molar-refractivity contribution >= 4 is 33.3 Å². The number of halogens is 1. The summed E-state index contributed by atoms with van der Waals surface area (Å²) in [4.78, 5) is 14.5. The molecule has 0 aliphatic carbocycles. The molecule has 0 atom stereocenters. The third-order valence-corrected chi connectivity index (χ3v) is 7.11. The largest absolute Gasteiger partial charge is 0.462 e. The minimum atomic E-state index is -3.73. The lowest BCUT2D eigenvalue weighted by Gasteiger charge is -2.35. The van der Waals surface area contributed by atoms with Crippen molar-refractivity contribution in [2.24, 2.45) is 0 Å². The number of rotatable bonds is 7. The maximum atomic E-state index is 13.1. The number of ether oxygens (including phenoxy) is 1. The van der Waals surface area contributed by atoms with Crippen molar-refractivity contribution in [3.63, 3.8) is 0 Å². The molecule has 1 saturated heterocycles. The Hall–Kier alpha value is -2.09. The normalized spacial score (nSPS) is 15.3. The van der Waals surface area contributed by atoms with Crippen molar-refractivity contribution in [1.82, 2.24) is 4.31 Å². The topological polar surface area (TPSA) is 66.9 Å². The third-order valence-electron chi connectivity index (χ3n) is 4.89. The fourth-order valence-electron chi connectivity index (χ4n) is 3.18. The van der Waals surface area contributed by atoms with E-state index in [0.717, 1.165) is 18.5 Å². The molecule has 0 saturated carbocycles. The number of hydrogen-bond acceptors (Lipinski definition) is 5. The number of carbonyl (C=O) groups is 1. The Balaban J connectivity index is 1.73. The van der Waals surface area contributed by atoms with E-state index in [1.54, 1.807) is 0 Å². The van der Waals surface area contributed by atoms with Crippen LogP contribution in [-0.2, 0) is 14.8 Å². The Bertz CT molecular complexity index is 942. The Labute approximate surface area is 177 Å². The highest BCUT2D eigenvalue weighted by Gasteiger charge is 2.29. The minimum absolute atomic E-state index is 0.0532.